The molecule has 1 aromatic rings. The largest absolute Gasteiger partial charge is 0.487 e. The van der Waals surface area contributed by atoms with Crippen molar-refractivity contribution in [1.82, 2.24) is 4.90 Å². The fraction of sp³-hybridized carbons (Fsp3) is 0.652. The van der Waals surface area contributed by atoms with Crippen LogP contribution in [0.1, 0.15) is 52.2 Å². The Hall–Kier alpha value is -1.52. The Kier molecular flexibility index (Phi) is 3.59. The molecule has 0 saturated carbocycles. The maximum Gasteiger partial charge on any atom is 0.166 e. The van der Waals surface area contributed by atoms with Crippen LogP contribution in [0.2, 0.25) is 0 Å². The second-order valence-corrected chi connectivity index (χ2v) is 9.96. The third-order valence-electron chi connectivity index (χ3n) is 7.08. The Labute approximate surface area is 162 Å². The maximum absolute atomic E-state index is 10.8. The molecule has 1 N–H and O–H groups in total. The molecule has 2 aliphatic heterocycles. The van der Waals surface area contributed by atoms with Gasteiger partial charge in [-0.25, -0.2) is 0 Å². The SMILES string of the molecule is CC(C)Oc1ccc2c3c1O[C@H]1C(O)C=CC4[C@@H](C2)N(C(C)(C)C)CC[C@@]341. The third-order valence-corrected chi connectivity index (χ3v) is 7.08. The number of piperidine rings is 1. The van der Waals surface area contributed by atoms with Crippen LogP contribution in [0.25, 0.3) is 0 Å². The van der Waals surface area contributed by atoms with Crippen molar-refractivity contribution in [3.63, 3.8) is 0 Å². The van der Waals surface area contributed by atoms with E-state index in [1.54, 1.807) is 0 Å². The number of benzene rings is 1. The number of aliphatic hydroxyl groups excluding tert-OH is 1. The minimum absolute atomic E-state index is 0.0981. The first-order valence-corrected chi connectivity index (χ1v) is 10.4. The quantitative estimate of drug-likeness (QED) is 0.811. The Morgan fingerprint density at radius 1 is 1.26 bits per heavy atom. The minimum Gasteiger partial charge on any atom is -0.487 e. The molecule has 2 bridgehead atoms. The van der Waals surface area contributed by atoms with Crippen LogP contribution >= 0.6 is 0 Å². The van der Waals surface area contributed by atoms with Gasteiger partial charge in [0.05, 0.1) is 6.10 Å². The number of nitrogens with zero attached hydrogens (tertiary/aromatic N) is 1. The predicted octanol–water partition coefficient (Wildman–Crippen LogP) is 3.45. The molecule has 2 unspecified atom stereocenters. The van der Waals surface area contributed by atoms with Crippen LogP contribution < -0.4 is 9.47 Å². The Morgan fingerprint density at radius 2 is 2.04 bits per heavy atom. The van der Waals surface area contributed by atoms with Crippen molar-refractivity contribution in [2.75, 3.05) is 6.54 Å². The summed E-state index contributed by atoms with van der Waals surface area (Å²) in [6.45, 7) is 12.1. The summed E-state index contributed by atoms with van der Waals surface area (Å²) in [5.74, 6) is 2.10. The lowest BCUT2D eigenvalue weighted by molar-refractivity contribution is -0.0749. The average molecular weight is 370 g/mol. The van der Waals surface area contributed by atoms with Gasteiger partial charge in [0, 0.05) is 28.5 Å². The highest BCUT2D eigenvalue weighted by Crippen LogP contribution is 2.63. The molecule has 1 fully saturated rings. The number of likely N-dealkylation sites (tertiary alicyclic amines) is 1. The number of rotatable bonds is 2. The van der Waals surface area contributed by atoms with Crippen LogP contribution in [0.15, 0.2) is 24.3 Å². The van der Waals surface area contributed by atoms with Gasteiger partial charge in [-0.3, -0.25) is 4.90 Å². The van der Waals surface area contributed by atoms with Gasteiger partial charge >= 0.3 is 0 Å². The van der Waals surface area contributed by atoms with E-state index in [-0.39, 0.29) is 23.2 Å². The lowest BCUT2D eigenvalue weighted by atomic mass is 9.53. The lowest BCUT2D eigenvalue weighted by Crippen LogP contribution is -2.68. The summed E-state index contributed by atoms with van der Waals surface area (Å²) in [5, 5.41) is 10.8. The van der Waals surface area contributed by atoms with Gasteiger partial charge in [0.25, 0.3) is 0 Å². The van der Waals surface area contributed by atoms with Crippen molar-refractivity contribution >= 4 is 0 Å². The zero-order valence-electron chi connectivity index (χ0n) is 17.0. The van der Waals surface area contributed by atoms with Gasteiger partial charge in [0.1, 0.15) is 12.2 Å². The second-order valence-electron chi connectivity index (χ2n) is 9.96. The molecular formula is C23H31NO3. The first kappa shape index (κ1) is 17.6. The van der Waals surface area contributed by atoms with Crippen LogP contribution in [-0.4, -0.2) is 46.4 Å². The van der Waals surface area contributed by atoms with E-state index in [1.165, 1.54) is 11.1 Å². The van der Waals surface area contributed by atoms with Gasteiger partial charge in [0.2, 0.25) is 0 Å². The molecule has 5 atom stereocenters. The van der Waals surface area contributed by atoms with Gasteiger partial charge in [-0.1, -0.05) is 18.2 Å². The highest BCUT2D eigenvalue weighted by molar-refractivity contribution is 5.62. The molecule has 4 aliphatic rings. The van der Waals surface area contributed by atoms with Crippen molar-refractivity contribution in [3.05, 3.63) is 35.4 Å². The maximum atomic E-state index is 10.8. The molecule has 27 heavy (non-hydrogen) atoms. The van der Waals surface area contributed by atoms with Crippen molar-refractivity contribution < 1.29 is 14.6 Å². The fourth-order valence-electron chi connectivity index (χ4n) is 6.23. The highest BCUT2D eigenvalue weighted by Gasteiger charge is 2.65. The zero-order valence-corrected chi connectivity index (χ0v) is 17.0. The molecule has 0 radical (unpaired) electrons. The molecule has 1 saturated heterocycles. The van der Waals surface area contributed by atoms with Crippen LogP contribution in [0.3, 0.4) is 0 Å². The third kappa shape index (κ3) is 2.23. The number of ether oxygens (including phenoxy) is 2. The van der Waals surface area contributed by atoms with Crippen LogP contribution in [0.4, 0.5) is 0 Å². The molecule has 1 aromatic carbocycles. The van der Waals surface area contributed by atoms with E-state index in [0.717, 1.165) is 30.9 Å². The molecule has 1 spiro atoms. The number of aliphatic hydroxyl groups is 1. The topological polar surface area (TPSA) is 41.9 Å². The first-order chi connectivity index (χ1) is 12.7. The molecule has 4 heteroatoms. The molecule has 4 nitrogen and oxygen atoms in total. The normalized spacial score (nSPS) is 36.6. The van der Waals surface area contributed by atoms with Crippen LogP contribution in [-0.2, 0) is 11.8 Å². The molecule has 2 heterocycles. The molecule has 2 aliphatic carbocycles. The smallest absolute Gasteiger partial charge is 0.166 e. The summed E-state index contributed by atoms with van der Waals surface area (Å²) in [4.78, 5) is 2.67. The zero-order chi connectivity index (χ0) is 19.1. The number of hydrogen-bond donors (Lipinski definition) is 1. The summed E-state index contributed by atoms with van der Waals surface area (Å²) < 4.78 is 12.6. The van der Waals surface area contributed by atoms with E-state index in [2.05, 4.69) is 43.9 Å². The lowest BCUT2D eigenvalue weighted by Gasteiger charge is -2.59. The van der Waals surface area contributed by atoms with Gasteiger partial charge in [0.15, 0.2) is 11.5 Å². The summed E-state index contributed by atoms with van der Waals surface area (Å²) in [5.41, 5.74) is 2.71. The predicted molar refractivity (Wildman–Crippen MR) is 106 cm³/mol. The molecular weight excluding hydrogens is 338 g/mol. The van der Waals surface area contributed by atoms with Gasteiger partial charge in [-0.2, -0.15) is 0 Å². The first-order valence-electron chi connectivity index (χ1n) is 10.4. The van der Waals surface area contributed by atoms with Crippen molar-refractivity contribution in [2.45, 2.75) is 82.8 Å². The summed E-state index contributed by atoms with van der Waals surface area (Å²) in [6.07, 6.45) is 5.62. The molecule has 0 amide bonds. The van der Waals surface area contributed by atoms with E-state index in [1.807, 2.05) is 19.9 Å². The molecule has 146 valence electrons. The van der Waals surface area contributed by atoms with Crippen LogP contribution in [0.5, 0.6) is 11.5 Å². The van der Waals surface area contributed by atoms with E-state index >= 15 is 0 Å². The van der Waals surface area contributed by atoms with Gasteiger partial charge in [-0.05, 0) is 65.6 Å². The van der Waals surface area contributed by atoms with Gasteiger partial charge in [-0.15, -0.1) is 0 Å². The number of hydrogen-bond acceptors (Lipinski definition) is 4. The minimum atomic E-state index is -0.562. The second kappa shape index (κ2) is 5.51. The van der Waals surface area contributed by atoms with E-state index in [9.17, 15) is 5.11 Å². The fourth-order valence-corrected chi connectivity index (χ4v) is 6.23. The standard InChI is InChI=1S/C23H31NO3/c1-13(2)26-18-9-6-14-12-16-15-7-8-17(25)21-23(15,19(14)20(18)27-21)10-11-24(16)22(3,4)5/h6-9,13,15-17,21,25H,10-12H2,1-5H3/t15?,16-,17?,21+,23+/m1/s1. The summed E-state index contributed by atoms with van der Waals surface area (Å²) >= 11 is 0. The van der Waals surface area contributed by atoms with Crippen LogP contribution in [0, 0.1) is 5.92 Å². The van der Waals surface area contributed by atoms with Crippen molar-refractivity contribution in [1.29, 1.82) is 0 Å². The van der Waals surface area contributed by atoms with Crippen molar-refractivity contribution in [3.8, 4) is 11.5 Å². The Morgan fingerprint density at radius 3 is 2.74 bits per heavy atom. The van der Waals surface area contributed by atoms with E-state index in [4.69, 9.17) is 9.47 Å². The Balaban J connectivity index is 1.71. The van der Waals surface area contributed by atoms with E-state index in [0.29, 0.717) is 12.0 Å². The van der Waals surface area contributed by atoms with Crippen molar-refractivity contribution in [2.24, 2.45) is 5.92 Å². The molecule has 5 rings (SSSR count). The monoisotopic (exact) mass is 369 g/mol. The summed E-state index contributed by atoms with van der Waals surface area (Å²) in [7, 11) is 0. The highest BCUT2D eigenvalue weighted by atomic mass is 16.5. The average Bonchev–Trinajstić information content (AvgIpc) is 2.91. The van der Waals surface area contributed by atoms with Gasteiger partial charge < -0.3 is 14.6 Å². The van der Waals surface area contributed by atoms with E-state index < -0.39 is 6.10 Å². The molecule has 0 aromatic heterocycles. The Bertz CT molecular complexity index is 809. The summed E-state index contributed by atoms with van der Waals surface area (Å²) in [6, 6.07) is 4.76.